The molecular formula is C14H24N2O4. The number of carboxylic acids is 1. The number of amides is 2. The number of nitrogens with zero attached hydrogens (tertiary/aromatic N) is 2. The Hall–Kier alpha value is -1.30. The molecule has 0 bridgehead atoms. The fraction of sp³-hybridized carbons (Fsp3) is 0.857. The third kappa shape index (κ3) is 4.67. The summed E-state index contributed by atoms with van der Waals surface area (Å²) in [6.07, 6.45) is 4.15. The van der Waals surface area contributed by atoms with Gasteiger partial charge in [0.25, 0.3) is 0 Å². The summed E-state index contributed by atoms with van der Waals surface area (Å²) in [5, 5.41) is 8.94. The van der Waals surface area contributed by atoms with Crippen molar-refractivity contribution in [1.82, 2.24) is 9.80 Å². The Labute approximate surface area is 119 Å². The van der Waals surface area contributed by atoms with Gasteiger partial charge < -0.3 is 19.6 Å². The Morgan fingerprint density at radius 1 is 1.10 bits per heavy atom. The average Bonchev–Trinajstić information content (AvgIpc) is 3.21. The molecule has 2 amide bonds. The Morgan fingerprint density at radius 3 is 2.25 bits per heavy atom. The van der Waals surface area contributed by atoms with Crippen LogP contribution in [0.4, 0.5) is 4.79 Å². The maximum Gasteiger partial charge on any atom is 0.323 e. The summed E-state index contributed by atoms with van der Waals surface area (Å²) in [5.41, 5.74) is 0. The highest BCUT2D eigenvalue weighted by Gasteiger charge is 2.30. The second kappa shape index (κ2) is 6.92. The summed E-state index contributed by atoms with van der Waals surface area (Å²) >= 11 is 0. The quantitative estimate of drug-likeness (QED) is 0.797. The van der Waals surface area contributed by atoms with E-state index in [1.165, 1.54) is 4.90 Å². The van der Waals surface area contributed by atoms with Crippen molar-refractivity contribution in [2.45, 2.75) is 25.7 Å². The van der Waals surface area contributed by atoms with Crippen molar-refractivity contribution in [2.75, 3.05) is 39.9 Å². The van der Waals surface area contributed by atoms with Crippen molar-refractivity contribution >= 4 is 12.0 Å². The van der Waals surface area contributed by atoms with Crippen LogP contribution < -0.4 is 0 Å². The Kier molecular flexibility index (Phi) is 5.23. The molecule has 1 heterocycles. The molecule has 0 atom stereocenters. The Bertz CT molecular complexity index is 351. The molecule has 2 fully saturated rings. The molecule has 1 saturated heterocycles. The smallest absolute Gasteiger partial charge is 0.323 e. The van der Waals surface area contributed by atoms with E-state index in [0.717, 1.165) is 38.9 Å². The lowest BCUT2D eigenvalue weighted by atomic mass is 10.00. The highest BCUT2D eigenvalue weighted by Crippen LogP contribution is 2.30. The third-order valence-corrected chi connectivity index (χ3v) is 3.97. The first kappa shape index (κ1) is 15.1. The molecule has 0 aromatic rings. The minimum atomic E-state index is -0.946. The van der Waals surface area contributed by atoms with Gasteiger partial charge in [-0.15, -0.1) is 0 Å². The predicted molar refractivity (Wildman–Crippen MR) is 73.5 cm³/mol. The van der Waals surface area contributed by atoms with E-state index in [0.29, 0.717) is 24.9 Å². The van der Waals surface area contributed by atoms with Crippen LogP contribution in [0.2, 0.25) is 0 Å². The van der Waals surface area contributed by atoms with Gasteiger partial charge in [-0.2, -0.15) is 0 Å². The van der Waals surface area contributed by atoms with Crippen LogP contribution in [0.25, 0.3) is 0 Å². The first-order valence-electron chi connectivity index (χ1n) is 7.36. The summed E-state index contributed by atoms with van der Waals surface area (Å²) in [4.78, 5) is 26.4. The van der Waals surface area contributed by atoms with E-state index < -0.39 is 5.97 Å². The molecule has 2 rings (SSSR count). The molecule has 1 saturated carbocycles. The van der Waals surface area contributed by atoms with Crippen LogP contribution in [-0.2, 0) is 9.53 Å². The molecule has 2 aliphatic rings. The van der Waals surface area contributed by atoms with E-state index in [1.54, 1.807) is 11.9 Å². The van der Waals surface area contributed by atoms with Crippen molar-refractivity contribution in [1.29, 1.82) is 0 Å². The Morgan fingerprint density at radius 2 is 1.70 bits per heavy atom. The van der Waals surface area contributed by atoms with Gasteiger partial charge in [0.15, 0.2) is 0 Å². The van der Waals surface area contributed by atoms with Crippen LogP contribution in [0.15, 0.2) is 0 Å². The van der Waals surface area contributed by atoms with Gasteiger partial charge in [0.2, 0.25) is 0 Å². The molecule has 0 spiro atoms. The fourth-order valence-corrected chi connectivity index (χ4v) is 2.62. The first-order chi connectivity index (χ1) is 9.56. The minimum Gasteiger partial charge on any atom is -0.480 e. The first-order valence-corrected chi connectivity index (χ1v) is 7.36. The lowest BCUT2D eigenvalue weighted by Gasteiger charge is -2.31. The molecule has 0 aromatic heterocycles. The number of hydrogen-bond donors (Lipinski definition) is 1. The van der Waals surface area contributed by atoms with Crippen LogP contribution in [0, 0.1) is 11.8 Å². The second-order valence-electron chi connectivity index (χ2n) is 5.94. The van der Waals surface area contributed by atoms with Gasteiger partial charge in [0.05, 0.1) is 0 Å². The monoisotopic (exact) mass is 284 g/mol. The number of aliphatic carboxylic acids is 1. The summed E-state index contributed by atoms with van der Waals surface area (Å²) in [7, 11) is 1.76. The van der Waals surface area contributed by atoms with Gasteiger partial charge in [-0.3, -0.25) is 4.79 Å². The van der Waals surface area contributed by atoms with Crippen LogP contribution in [0.3, 0.4) is 0 Å². The maximum atomic E-state index is 12.4. The highest BCUT2D eigenvalue weighted by molar-refractivity contribution is 5.80. The minimum absolute atomic E-state index is 0.161. The molecule has 1 aliphatic heterocycles. The van der Waals surface area contributed by atoms with Crippen LogP contribution >= 0.6 is 0 Å². The number of ether oxygens (including phenoxy) is 1. The summed E-state index contributed by atoms with van der Waals surface area (Å²) < 4.78 is 5.31. The average molecular weight is 284 g/mol. The zero-order valence-corrected chi connectivity index (χ0v) is 12.1. The van der Waals surface area contributed by atoms with Crippen LogP contribution in [-0.4, -0.2) is 66.8 Å². The molecule has 114 valence electrons. The number of carbonyl (C=O) groups is 2. The van der Waals surface area contributed by atoms with Crippen molar-refractivity contribution < 1.29 is 19.4 Å². The predicted octanol–water partition coefficient (Wildman–Crippen LogP) is 1.26. The van der Waals surface area contributed by atoms with E-state index in [1.807, 2.05) is 0 Å². The lowest BCUT2D eigenvalue weighted by Crippen LogP contribution is -2.46. The van der Waals surface area contributed by atoms with Gasteiger partial charge in [-0.25, -0.2) is 4.79 Å². The molecule has 6 heteroatoms. The third-order valence-electron chi connectivity index (χ3n) is 3.97. The topological polar surface area (TPSA) is 70.1 Å². The molecular weight excluding hydrogens is 260 g/mol. The number of hydrogen-bond acceptors (Lipinski definition) is 3. The molecule has 6 nitrogen and oxygen atoms in total. The number of carbonyl (C=O) groups excluding carboxylic acids is 1. The van der Waals surface area contributed by atoms with E-state index in [9.17, 15) is 9.59 Å². The van der Waals surface area contributed by atoms with Crippen molar-refractivity contribution in [3.63, 3.8) is 0 Å². The molecule has 1 aliphatic carbocycles. The fourth-order valence-electron chi connectivity index (χ4n) is 2.62. The number of urea groups is 1. The van der Waals surface area contributed by atoms with Gasteiger partial charge in [0.1, 0.15) is 6.54 Å². The lowest BCUT2D eigenvalue weighted by molar-refractivity contribution is -0.137. The van der Waals surface area contributed by atoms with E-state index in [-0.39, 0.29) is 12.6 Å². The second-order valence-corrected chi connectivity index (χ2v) is 5.94. The Balaban J connectivity index is 1.85. The maximum absolute atomic E-state index is 12.4. The highest BCUT2D eigenvalue weighted by atomic mass is 16.5. The molecule has 20 heavy (non-hydrogen) atoms. The van der Waals surface area contributed by atoms with Gasteiger partial charge in [-0.1, -0.05) is 0 Å². The van der Waals surface area contributed by atoms with E-state index >= 15 is 0 Å². The normalized spacial score (nSPS) is 19.6. The largest absolute Gasteiger partial charge is 0.480 e. The standard InChI is InChI=1S/C14H24N2O4/c1-15(8-12-4-6-20-7-5-12)14(19)16(10-13(17)18)9-11-2-3-11/h11-12H,2-10H2,1H3,(H,17,18). The van der Waals surface area contributed by atoms with E-state index in [4.69, 9.17) is 9.84 Å². The van der Waals surface area contributed by atoms with Crippen LogP contribution in [0.1, 0.15) is 25.7 Å². The summed E-state index contributed by atoms with van der Waals surface area (Å²) in [5.74, 6) is 0.0125. The summed E-state index contributed by atoms with van der Waals surface area (Å²) in [6.45, 7) is 2.57. The van der Waals surface area contributed by atoms with Gasteiger partial charge in [-0.05, 0) is 37.5 Å². The van der Waals surface area contributed by atoms with Crippen molar-refractivity contribution in [3.05, 3.63) is 0 Å². The zero-order chi connectivity index (χ0) is 14.5. The van der Waals surface area contributed by atoms with Crippen molar-refractivity contribution in [3.8, 4) is 0 Å². The molecule has 1 N–H and O–H groups in total. The van der Waals surface area contributed by atoms with Crippen LogP contribution in [0.5, 0.6) is 0 Å². The molecule has 0 radical (unpaired) electrons. The van der Waals surface area contributed by atoms with Gasteiger partial charge >= 0.3 is 12.0 Å². The van der Waals surface area contributed by atoms with Crippen molar-refractivity contribution in [2.24, 2.45) is 11.8 Å². The molecule has 0 aromatic carbocycles. The van der Waals surface area contributed by atoms with Gasteiger partial charge in [0, 0.05) is 33.4 Å². The SMILES string of the molecule is CN(CC1CCOCC1)C(=O)N(CC(=O)O)CC1CC1. The zero-order valence-electron chi connectivity index (χ0n) is 12.1. The summed E-state index contributed by atoms with van der Waals surface area (Å²) in [6, 6.07) is -0.161. The van der Waals surface area contributed by atoms with E-state index in [2.05, 4.69) is 0 Å². The number of rotatable bonds is 6. The number of carboxylic acid groups (broad SMARTS) is 1. The molecule has 0 unspecified atom stereocenters.